The second-order valence-corrected chi connectivity index (χ2v) is 4.81. The molecule has 0 aromatic rings. The number of aliphatic hydroxyl groups is 2. The number of hydrogen-bond acceptors (Lipinski definition) is 4. The monoisotopic (exact) mass is 215 g/mol. The van der Waals surface area contributed by atoms with Crippen molar-refractivity contribution in [2.75, 3.05) is 13.2 Å². The van der Waals surface area contributed by atoms with Gasteiger partial charge in [0.05, 0.1) is 19.3 Å². The Kier molecular flexibility index (Phi) is 3.61. The van der Waals surface area contributed by atoms with Gasteiger partial charge in [0.1, 0.15) is 6.10 Å². The lowest BCUT2D eigenvalue weighted by Gasteiger charge is -2.41. The molecule has 1 saturated heterocycles. The topological polar surface area (TPSA) is 61.7 Å². The first-order valence-corrected chi connectivity index (χ1v) is 5.89. The van der Waals surface area contributed by atoms with Crippen LogP contribution >= 0.6 is 0 Å². The summed E-state index contributed by atoms with van der Waals surface area (Å²) in [5.41, 5.74) is 0. The van der Waals surface area contributed by atoms with Crippen molar-refractivity contribution in [1.82, 2.24) is 5.32 Å². The molecular formula is C11H21NO3. The molecule has 0 aromatic carbocycles. The molecule has 2 fully saturated rings. The molecule has 0 aromatic heterocycles. The quantitative estimate of drug-likeness (QED) is 0.614. The lowest BCUT2D eigenvalue weighted by molar-refractivity contribution is -0.133. The van der Waals surface area contributed by atoms with Gasteiger partial charge in [-0.2, -0.15) is 0 Å². The van der Waals surface area contributed by atoms with Gasteiger partial charge in [-0.1, -0.05) is 13.3 Å². The van der Waals surface area contributed by atoms with Crippen molar-refractivity contribution >= 4 is 0 Å². The van der Waals surface area contributed by atoms with E-state index in [9.17, 15) is 5.11 Å². The van der Waals surface area contributed by atoms with Crippen molar-refractivity contribution < 1.29 is 14.9 Å². The summed E-state index contributed by atoms with van der Waals surface area (Å²) in [4.78, 5) is 0. The molecule has 88 valence electrons. The van der Waals surface area contributed by atoms with E-state index < -0.39 is 12.2 Å². The highest BCUT2D eigenvalue weighted by molar-refractivity contribution is 4.91. The van der Waals surface area contributed by atoms with Crippen molar-refractivity contribution in [3.63, 3.8) is 0 Å². The molecule has 4 atom stereocenters. The fourth-order valence-electron chi connectivity index (χ4n) is 2.29. The van der Waals surface area contributed by atoms with Crippen LogP contribution in [0.1, 0.15) is 26.2 Å². The zero-order chi connectivity index (χ0) is 10.8. The van der Waals surface area contributed by atoms with Crippen LogP contribution in [0.4, 0.5) is 0 Å². The van der Waals surface area contributed by atoms with Crippen molar-refractivity contribution in [2.24, 2.45) is 5.92 Å². The van der Waals surface area contributed by atoms with Crippen LogP contribution in [0.5, 0.6) is 0 Å². The van der Waals surface area contributed by atoms with Crippen LogP contribution in [0, 0.1) is 5.92 Å². The summed E-state index contributed by atoms with van der Waals surface area (Å²) < 4.78 is 5.43. The van der Waals surface area contributed by atoms with Gasteiger partial charge in [-0.25, -0.2) is 0 Å². The molecule has 2 rings (SSSR count). The van der Waals surface area contributed by atoms with Gasteiger partial charge >= 0.3 is 0 Å². The first-order valence-electron chi connectivity index (χ1n) is 5.89. The molecule has 4 nitrogen and oxygen atoms in total. The Labute approximate surface area is 90.6 Å². The summed E-state index contributed by atoms with van der Waals surface area (Å²) in [6.45, 7) is 2.52. The molecule has 2 aliphatic rings. The van der Waals surface area contributed by atoms with Crippen LogP contribution < -0.4 is 5.32 Å². The van der Waals surface area contributed by atoms with E-state index in [1.165, 1.54) is 19.3 Å². The number of hydrogen-bond donors (Lipinski definition) is 3. The molecule has 1 aliphatic carbocycles. The minimum Gasteiger partial charge on any atom is -0.394 e. The minimum atomic E-state index is -0.554. The van der Waals surface area contributed by atoms with E-state index in [2.05, 4.69) is 5.32 Å². The molecule has 0 amide bonds. The fraction of sp³-hybridized carbons (Fsp3) is 1.00. The van der Waals surface area contributed by atoms with Gasteiger partial charge in [-0.05, 0) is 12.8 Å². The molecule has 0 radical (unpaired) electrons. The minimum absolute atomic E-state index is 0.0956. The Balaban J connectivity index is 1.85. The Morgan fingerprint density at radius 2 is 2.13 bits per heavy atom. The largest absolute Gasteiger partial charge is 0.394 e. The van der Waals surface area contributed by atoms with E-state index in [4.69, 9.17) is 9.84 Å². The maximum atomic E-state index is 9.89. The Morgan fingerprint density at radius 1 is 1.40 bits per heavy atom. The maximum absolute atomic E-state index is 9.89. The van der Waals surface area contributed by atoms with Crippen LogP contribution in [0.3, 0.4) is 0 Å². The summed E-state index contributed by atoms with van der Waals surface area (Å²) in [5.74, 6) is 0.150. The molecule has 1 saturated carbocycles. The molecule has 3 N–H and O–H groups in total. The highest BCUT2D eigenvalue weighted by atomic mass is 16.5. The molecule has 1 aliphatic heterocycles. The summed E-state index contributed by atoms with van der Waals surface area (Å²) in [6.07, 6.45) is 2.83. The fourth-order valence-corrected chi connectivity index (χ4v) is 2.29. The molecule has 4 heteroatoms. The van der Waals surface area contributed by atoms with E-state index in [0.29, 0.717) is 12.6 Å². The summed E-state index contributed by atoms with van der Waals surface area (Å²) >= 11 is 0. The van der Waals surface area contributed by atoms with Gasteiger partial charge in [-0.3, -0.25) is 0 Å². The number of ether oxygens (including phenoxy) is 1. The normalized spacial score (nSPS) is 42.6. The average molecular weight is 215 g/mol. The van der Waals surface area contributed by atoms with Crippen LogP contribution in [0.2, 0.25) is 0 Å². The smallest absolute Gasteiger partial charge is 0.107 e. The lowest BCUT2D eigenvalue weighted by atomic mass is 9.86. The van der Waals surface area contributed by atoms with Gasteiger partial charge in [0.25, 0.3) is 0 Å². The Bertz CT molecular complexity index is 208. The van der Waals surface area contributed by atoms with Crippen molar-refractivity contribution in [2.45, 2.75) is 50.5 Å². The molecule has 15 heavy (non-hydrogen) atoms. The first kappa shape index (κ1) is 11.3. The standard InChI is InChI=1S/C11H21NO3/c1-7-9(12-8-3-2-4-8)6-15-10(5-13)11(7)14/h7-14H,2-6H2,1H3/t7-,9+,10-,11-/m1/s1. The highest BCUT2D eigenvalue weighted by Gasteiger charge is 2.37. The number of aliphatic hydroxyl groups excluding tert-OH is 2. The molecule has 0 bridgehead atoms. The Morgan fingerprint density at radius 3 is 2.67 bits per heavy atom. The lowest BCUT2D eigenvalue weighted by Crippen LogP contribution is -2.57. The first-order chi connectivity index (χ1) is 7.22. The zero-order valence-electron chi connectivity index (χ0n) is 9.22. The SMILES string of the molecule is C[C@H]1[C@@H](O)[C@@H](CO)OC[C@@H]1NC1CCC1. The summed E-state index contributed by atoms with van der Waals surface area (Å²) in [5, 5.41) is 22.4. The van der Waals surface area contributed by atoms with Gasteiger partial charge < -0.3 is 20.3 Å². The second-order valence-electron chi connectivity index (χ2n) is 4.81. The number of rotatable bonds is 3. The molecule has 1 heterocycles. The van der Waals surface area contributed by atoms with Crippen LogP contribution in [-0.2, 0) is 4.74 Å². The van der Waals surface area contributed by atoms with E-state index >= 15 is 0 Å². The molecule has 0 unspecified atom stereocenters. The third-order valence-corrected chi connectivity index (χ3v) is 3.78. The van der Waals surface area contributed by atoms with E-state index in [-0.39, 0.29) is 18.6 Å². The second kappa shape index (κ2) is 4.78. The van der Waals surface area contributed by atoms with Gasteiger partial charge in [0, 0.05) is 18.0 Å². The molecule has 0 spiro atoms. The zero-order valence-corrected chi connectivity index (χ0v) is 9.22. The maximum Gasteiger partial charge on any atom is 0.107 e. The molecular weight excluding hydrogens is 194 g/mol. The summed E-state index contributed by atoms with van der Waals surface area (Å²) in [7, 11) is 0. The van der Waals surface area contributed by atoms with Crippen LogP contribution in [-0.4, -0.2) is 47.7 Å². The highest BCUT2D eigenvalue weighted by Crippen LogP contribution is 2.25. The third-order valence-electron chi connectivity index (χ3n) is 3.78. The van der Waals surface area contributed by atoms with Crippen LogP contribution in [0.15, 0.2) is 0 Å². The van der Waals surface area contributed by atoms with E-state index in [1.54, 1.807) is 0 Å². The predicted octanol–water partition coefficient (Wildman–Crippen LogP) is -0.115. The van der Waals surface area contributed by atoms with E-state index in [0.717, 1.165) is 0 Å². The third kappa shape index (κ3) is 2.33. The van der Waals surface area contributed by atoms with Gasteiger partial charge in [0.15, 0.2) is 0 Å². The van der Waals surface area contributed by atoms with E-state index in [1.807, 2.05) is 6.92 Å². The Hall–Kier alpha value is -0.160. The summed E-state index contributed by atoms with van der Waals surface area (Å²) in [6, 6.07) is 0.840. The van der Waals surface area contributed by atoms with Crippen LogP contribution in [0.25, 0.3) is 0 Å². The van der Waals surface area contributed by atoms with Crippen molar-refractivity contribution in [3.8, 4) is 0 Å². The van der Waals surface area contributed by atoms with Crippen molar-refractivity contribution in [3.05, 3.63) is 0 Å². The number of nitrogens with one attached hydrogen (secondary N) is 1. The van der Waals surface area contributed by atoms with Gasteiger partial charge in [-0.15, -0.1) is 0 Å². The van der Waals surface area contributed by atoms with Gasteiger partial charge in [0.2, 0.25) is 0 Å². The van der Waals surface area contributed by atoms with Crippen molar-refractivity contribution in [1.29, 1.82) is 0 Å². The average Bonchev–Trinajstić information content (AvgIpc) is 2.18. The predicted molar refractivity (Wildman–Crippen MR) is 56.6 cm³/mol.